The third-order valence-electron chi connectivity index (χ3n) is 2.51. The predicted molar refractivity (Wildman–Crippen MR) is 41.8 cm³/mol. The third kappa shape index (κ3) is 1.83. The summed E-state index contributed by atoms with van der Waals surface area (Å²) in [4.78, 5) is 10.9. The fourth-order valence-corrected chi connectivity index (χ4v) is 1.80. The van der Waals surface area contributed by atoms with Crippen LogP contribution in [0.1, 0.15) is 39.5 Å². The predicted octanol–water partition coefficient (Wildman–Crippen LogP) is 2.40. The van der Waals surface area contributed by atoms with E-state index >= 15 is 0 Å². The SMILES string of the molecule is CC(=O)[C@@H]1CCC[C@H](C)C1. The molecule has 0 aliphatic heterocycles. The van der Waals surface area contributed by atoms with Crippen LogP contribution >= 0.6 is 0 Å². The topological polar surface area (TPSA) is 17.1 Å². The molecule has 10 heavy (non-hydrogen) atoms. The Labute approximate surface area is 62.8 Å². The van der Waals surface area contributed by atoms with Crippen molar-refractivity contribution >= 4 is 5.78 Å². The Morgan fingerprint density at radius 1 is 1.40 bits per heavy atom. The average molecular weight is 140 g/mol. The highest BCUT2D eigenvalue weighted by atomic mass is 16.1. The number of hydrogen-bond donors (Lipinski definition) is 0. The van der Waals surface area contributed by atoms with Crippen LogP contribution in [0.2, 0.25) is 0 Å². The van der Waals surface area contributed by atoms with Gasteiger partial charge in [0.1, 0.15) is 5.78 Å². The summed E-state index contributed by atoms with van der Waals surface area (Å²) in [5.74, 6) is 1.57. The molecule has 0 unspecified atom stereocenters. The maximum atomic E-state index is 10.9. The van der Waals surface area contributed by atoms with Gasteiger partial charge in [0, 0.05) is 5.92 Å². The number of hydrogen-bond acceptors (Lipinski definition) is 1. The first-order valence-corrected chi connectivity index (χ1v) is 4.20. The Bertz CT molecular complexity index is 129. The summed E-state index contributed by atoms with van der Waals surface area (Å²) in [5.41, 5.74) is 0. The van der Waals surface area contributed by atoms with E-state index in [-0.39, 0.29) is 0 Å². The molecule has 0 amide bonds. The van der Waals surface area contributed by atoms with Crippen molar-refractivity contribution in [3.05, 3.63) is 0 Å². The average Bonchev–Trinajstić information content (AvgIpc) is 1.88. The molecule has 1 heteroatoms. The standard InChI is InChI=1S/C9H16O/c1-7-4-3-5-9(6-7)8(2)10/h7,9H,3-6H2,1-2H3/t7-,9+/m0/s1. The molecule has 1 fully saturated rings. The summed E-state index contributed by atoms with van der Waals surface area (Å²) in [5, 5.41) is 0. The number of carbonyl (C=O) groups is 1. The molecule has 0 aromatic rings. The van der Waals surface area contributed by atoms with Gasteiger partial charge in [-0.2, -0.15) is 0 Å². The van der Waals surface area contributed by atoms with E-state index in [1.54, 1.807) is 6.92 Å². The number of ketones is 1. The van der Waals surface area contributed by atoms with Gasteiger partial charge in [-0.1, -0.05) is 19.8 Å². The lowest BCUT2D eigenvalue weighted by molar-refractivity contribution is -0.122. The van der Waals surface area contributed by atoms with Crippen molar-refractivity contribution in [3.63, 3.8) is 0 Å². The van der Waals surface area contributed by atoms with Crippen molar-refractivity contribution < 1.29 is 4.79 Å². The summed E-state index contributed by atoms with van der Waals surface area (Å²) in [6.07, 6.45) is 4.85. The molecule has 0 radical (unpaired) electrons. The molecular formula is C9H16O. The quantitative estimate of drug-likeness (QED) is 0.546. The van der Waals surface area contributed by atoms with Gasteiger partial charge >= 0.3 is 0 Å². The van der Waals surface area contributed by atoms with Crippen LogP contribution in [0.3, 0.4) is 0 Å². The second kappa shape index (κ2) is 3.18. The molecule has 0 spiro atoms. The first-order valence-electron chi connectivity index (χ1n) is 4.20. The molecule has 1 aliphatic carbocycles. The van der Waals surface area contributed by atoms with Crippen molar-refractivity contribution in [1.29, 1.82) is 0 Å². The van der Waals surface area contributed by atoms with Gasteiger partial charge < -0.3 is 0 Å². The van der Waals surface area contributed by atoms with E-state index in [2.05, 4.69) is 6.92 Å². The molecule has 1 nitrogen and oxygen atoms in total. The Hall–Kier alpha value is -0.330. The molecule has 0 aromatic carbocycles. The molecule has 58 valence electrons. The second-order valence-electron chi connectivity index (χ2n) is 3.58. The molecule has 0 heterocycles. The van der Waals surface area contributed by atoms with Crippen molar-refractivity contribution in [2.75, 3.05) is 0 Å². The van der Waals surface area contributed by atoms with Gasteiger partial charge in [-0.15, -0.1) is 0 Å². The van der Waals surface area contributed by atoms with Gasteiger partial charge in [-0.3, -0.25) is 4.79 Å². The van der Waals surface area contributed by atoms with Crippen molar-refractivity contribution in [1.82, 2.24) is 0 Å². The van der Waals surface area contributed by atoms with Crippen molar-refractivity contribution in [2.24, 2.45) is 11.8 Å². The maximum absolute atomic E-state index is 10.9. The summed E-state index contributed by atoms with van der Waals surface area (Å²) < 4.78 is 0. The summed E-state index contributed by atoms with van der Waals surface area (Å²) >= 11 is 0. The van der Waals surface area contributed by atoms with E-state index in [0.717, 1.165) is 18.8 Å². The van der Waals surface area contributed by atoms with Crippen LogP contribution < -0.4 is 0 Å². The van der Waals surface area contributed by atoms with Crippen LogP contribution in [0.4, 0.5) is 0 Å². The molecule has 0 aromatic heterocycles. The van der Waals surface area contributed by atoms with Gasteiger partial charge in [-0.05, 0) is 25.7 Å². The van der Waals surface area contributed by atoms with Gasteiger partial charge in [-0.25, -0.2) is 0 Å². The van der Waals surface area contributed by atoms with Gasteiger partial charge in [0.05, 0.1) is 0 Å². The Balaban J connectivity index is 2.39. The molecule has 1 rings (SSSR count). The first-order chi connectivity index (χ1) is 4.70. The molecule has 1 aliphatic rings. The zero-order chi connectivity index (χ0) is 7.56. The maximum Gasteiger partial charge on any atom is 0.132 e. The van der Waals surface area contributed by atoms with Gasteiger partial charge in [0.15, 0.2) is 0 Å². The van der Waals surface area contributed by atoms with Gasteiger partial charge in [0.2, 0.25) is 0 Å². The Morgan fingerprint density at radius 2 is 2.10 bits per heavy atom. The van der Waals surface area contributed by atoms with Crippen LogP contribution in [0, 0.1) is 11.8 Å². The number of carbonyl (C=O) groups excluding carboxylic acids is 1. The van der Waals surface area contributed by atoms with E-state index in [9.17, 15) is 4.79 Å². The van der Waals surface area contributed by atoms with Crippen molar-refractivity contribution in [2.45, 2.75) is 39.5 Å². The lowest BCUT2D eigenvalue weighted by Crippen LogP contribution is -2.19. The van der Waals surface area contributed by atoms with E-state index < -0.39 is 0 Å². The summed E-state index contributed by atoms with van der Waals surface area (Å²) in [7, 11) is 0. The number of rotatable bonds is 1. The minimum absolute atomic E-state index is 0.392. The highest BCUT2D eigenvalue weighted by molar-refractivity contribution is 5.78. The molecular weight excluding hydrogens is 124 g/mol. The van der Waals surface area contributed by atoms with E-state index in [1.807, 2.05) is 0 Å². The highest BCUT2D eigenvalue weighted by Gasteiger charge is 2.21. The monoisotopic (exact) mass is 140 g/mol. The lowest BCUT2D eigenvalue weighted by atomic mass is 9.81. The van der Waals surface area contributed by atoms with Crippen LogP contribution in [-0.2, 0) is 4.79 Å². The molecule has 0 saturated heterocycles. The first kappa shape index (κ1) is 7.77. The molecule has 0 N–H and O–H groups in total. The minimum atomic E-state index is 0.392. The highest BCUT2D eigenvalue weighted by Crippen LogP contribution is 2.28. The lowest BCUT2D eigenvalue weighted by Gasteiger charge is -2.24. The molecule has 1 saturated carbocycles. The number of Topliss-reactive ketones (excluding diaryl/α,β-unsaturated/α-hetero) is 1. The Kier molecular flexibility index (Phi) is 2.47. The Morgan fingerprint density at radius 3 is 2.50 bits per heavy atom. The molecule has 0 bridgehead atoms. The summed E-state index contributed by atoms with van der Waals surface area (Å²) in [6, 6.07) is 0. The fourth-order valence-electron chi connectivity index (χ4n) is 1.80. The van der Waals surface area contributed by atoms with Crippen LogP contribution in [0.15, 0.2) is 0 Å². The smallest absolute Gasteiger partial charge is 0.132 e. The van der Waals surface area contributed by atoms with Crippen LogP contribution in [0.25, 0.3) is 0 Å². The third-order valence-corrected chi connectivity index (χ3v) is 2.51. The summed E-state index contributed by atoms with van der Waals surface area (Å²) in [6.45, 7) is 3.97. The largest absolute Gasteiger partial charge is 0.300 e. The van der Waals surface area contributed by atoms with E-state index in [0.29, 0.717) is 11.7 Å². The van der Waals surface area contributed by atoms with Gasteiger partial charge in [0.25, 0.3) is 0 Å². The van der Waals surface area contributed by atoms with Crippen molar-refractivity contribution in [3.8, 4) is 0 Å². The normalized spacial score (nSPS) is 33.8. The second-order valence-corrected chi connectivity index (χ2v) is 3.58. The fraction of sp³-hybridized carbons (Fsp3) is 0.889. The van der Waals surface area contributed by atoms with Crippen LogP contribution in [0.5, 0.6) is 0 Å². The minimum Gasteiger partial charge on any atom is -0.300 e. The van der Waals surface area contributed by atoms with E-state index in [4.69, 9.17) is 0 Å². The van der Waals surface area contributed by atoms with Crippen LogP contribution in [-0.4, -0.2) is 5.78 Å². The van der Waals surface area contributed by atoms with E-state index in [1.165, 1.54) is 12.8 Å². The molecule has 2 atom stereocenters. The zero-order valence-electron chi connectivity index (χ0n) is 6.89. The zero-order valence-corrected chi connectivity index (χ0v) is 6.89.